The second kappa shape index (κ2) is 4.98. The molecule has 0 N–H and O–H groups in total. The Morgan fingerprint density at radius 1 is 1.50 bits per heavy atom. The summed E-state index contributed by atoms with van der Waals surface area (Å²) in [5, 5.41) is 0. The smallest absolute Gasteiger partial charge is 0.410 e. The number of nitrogens with zero attached hydrogens (tertiary/aromatic N) is 1. The van der Waals surface area contributed by atoms with Gasteiger partial charge in [-0.2, -0.15) is 0 Å². The van der Waals surface area contributed by atoms with E-state index in [1.165, 1.54) is 4.90 Å². The average Bonchev–Trinajstić information content (AvgIpc) is 3.16. The van der Waals surface area contributed by atoms with Gasteiger partial charge in [-0.3, -0.25) is 0 Å². The Kier molecular flexibility index (Phi) is 2.60. The number of hydrogen-bond acceptors (Lipinski definition) is 3. The molecule has 2 fully saturated rings. The van der Waals surface area contributed by atoms with Crippen molar-refractivity contribution in [2.75, 3.05) is 13.1 Å². The molecule has 1 aliphatic heterocycles. The largest absolute Gasteiger partial charge is 0.445 e. The summed E-state index contributed by atoms with van der Waals surface area (Å²) in [6.45, 7) is -1.20. The maximum Gasteiger partial charge on any atom is 0.410 e. The SMILES string of the molecule is [2H]C1([2H])CCOC2CC2N1C(=O)OCc1ccccc1. The van der Waals surface area contributed by atoms with Crippen LogP contribution >= 0.6 is 0 Å². The number of rotatable bonds is 2. The molecule has 2 aliphatic rings. The molecule has 1 saturated carbocycles. The van der Waals surface area contributed by atoms with E-state index in [4.69, 9.17) is 12.2 Å². The van der Waals surface area contributed by atoms with Crippen LogP contribution in [-0.4, -0.2) is 36.2 Å². The van der Waals surface area contributed by atoms with Crippen molar-refractivity contribution < 1.29 is 17.0 Å². The Balaban J connectivity index is 1.66. The van der Waals surface area contributed by atoms with Gasteiger partial charge in [0.25, 0.3) is 0 Å². The van der Waals surface area contributed by atoms with E-state index in [2.05, 4.69) is 0 Å². The first-order valence-corrected chi connectivity index (χ1v) is 6.19. The maximum atomic E-state index is 12.2. The van der Waals surface area contributed by atoms with E-state index >= 15 is 0 Å². The zero-order valence-corrected chi connectivity index (χ0v) is 10.0. The zero-order valence-electron chi connectivity index (χ0n) is 12.0. The lowest BCUT2D eigenvalue weighted by Crippen LogP contribution is -2.35. The van der Waals surface area contributed by atoms with E-state index in [0.29, 0.717) is 13.0 Å². The Morgan fingerprint density at radius 2 is 2.33 bits per heavy atom. The first kappa shape index (κ1) is 9.39. The standard InChI is InChI=1S/C14H17NO3/c16-14(18-10-11-5-2-1-3-6-11)15-7-4-8-17-13-9-12(13)15/h1-3,5-6,12-13H,4,7-10H2/i7D2. The summed E-state index contributed by atoms with van der Waals surface area (Å²) in [6, 6.07) is 9.19. The number of hydrogen-bond donors (Lipinski definition) is 0. The summed E-state index contributed by atoms with van der Waals surface area (Å²) in [7, 11) is 0. The summed E-state index contributed by atoms with van der Waals surface area (Å²) in [6.07, 6.45) is 0.245. The Bertz CT molecular complexity index is 494. The van der Waals surface area contributed by atoms with Crippen LogP contribution in [-0.2, 0) is 16.1 Å². The number of carbonyl (C=O) groups is 1. The lowest BCUT2D eigenvalue weighted by molar-refractivity contribution is 0.0902. The molecule has 0 spiro atoms. The molecule has 0 aromatic heterocycles. The van der Waals surface area contributed by atoms with Gasteiger partial charge >= 0.3 is 6.09 Å². The third kappa shape index (κ3) is 2.48. The monoisotopic (exact) mass is 249 g/mol. The van der Waals surface area contributed by atoms with Crippen molar-refractivity contribution in [3.05, 3.63) is 35.9 Å². The molecule has 1 heterocycles. The third-order valence-electron chi connectivity index (χ3n) is 3.15. The van der Waals surface area contributed by atoms with E-state index in [1.807, 2.05) is 30.3 Å². The fraction of sp³-hybridized carbons (Fsp3) is 0.500. The summed E-state index contributed by atoms with van der Waals surface area (Å²) >= 11 is 0. The Hall–Kier alpha value is -1.55. The van der Waals surface area contributed by atoms with Crippen LogP contribution in [0.1, 0.15) is 21.1 Å². The highest BCUT2D eigenvalue weighted by atomic mass is 16.6. The van der Waals surface area contributed by atoms with Gasteiger partial charge in [0, 0.05) is 15.8 Å². The topological polar surface area (TPSA) is 38.8 Å². The molecule has 1 amide bonds. The average molecular weight is 249 g/mol. The van der Waals surface area contributed by atoms with Crippen LogP contribution in [0.3, 0.4) is 0 Å². The molecule has 1 saturated heterocycles. The number of fused-ring (bicyclic) bond motifs is 1. The van der Waals surface area contributed by atoms with E-state index in [9.17, 15) is 4.79 Å². The van der Waals surface area contributed by atoms with Crippen molar-refractivity contribution in [1.82, 2.24) is 4.90 Å². The predicted molar refractivity (Wildman–Crippen MR) is 66.1 cm³/mol. The van der Waals surface area contributed by atoms with E-state index in [0.717, 1.165) is 5.56 Å². The molecular weight excluding hydrogens is 230 g/mol. The summed E-state index contributed by atoms with van der Waals surface area (Å²) in [5.41, 5.74) is 0.889. The third-order valence-corrected chi connectivity index (χ3v) is 3.15. The molecule has 0 radical (unpaired) electrons. The second-order valence-corrected chi connectivity index (χ2v) is 4.53. The number of ether oxygens (including phenoxy) is 2. The molecule has 1 aromatic carbocycles. The van der Waals surface area contributed by atoms with Crippen molar-refractivity contribution in [2.24, 2.45) is 0 Å². The lowest BCUT2D eigenvalue weighted by Gasteiger charge is -2.20. The minimum absolute atomic E-state index is 0.0307. The molecule has 4 heteroatoms. The van der Waals surface area contributed by atoms with Crippen LogP contribution in [0.15, 0.2) is 30.3 Å². The maximum absolute atomic E-state index is 12.2. The highest BCUT2D eigenvalue weighted by Gasteiger charge is 2.46. The Morgan fingerprint density at radius 3 is 3.17 bits per heavy atom. The van der Waals surface area contributed by atoms with E-state index < -0.39 is 12.6 Å². The van der Waals surface area contributed by atoms with Gasteiger partial charge in [-0.15, -0.1) is 0 Å². The van der Waals surface area contributed by atoms with Gasteiger partial charge in [-0.25, -0.2) is 4.79 Å². The summed E-state index contributed by atoms with van der Waals surface area (Å²) in [5.74, 6) is 0. The fourth-order valence-electron chi connectivity index (χ4n) is 2.09. The minimum atomic E-state index is -1.70. The fourth-order valence-corrected chi connectivity index (χ4v) is 2.09. The number of amides is 1. The van der Waals surface area contributed by atoms with Crippen molar-refractivity contribution >= 4 is 6.09 Å². The zero-order chi connectivity index (χ0) is 14.2. The highest BCUT2D eigenvalue weighted by molar-refractivity contribution is 5.68. The number of carbonyl (C=O) groups excluding carboxylic acids is 1. The van der Waals surface area contributed by atoms with Gasteiger partial charge in [-0.05, 0) is 18.4 Å². The van der Waals surface area contributed by atoms with E-state index in [-0.39, 0.29) is 25.2 Å². The van der Waals surface area contributed by atoms with Crippen LogP contribution in [0.5, 0.6) is 0 Å². The first-order valence-electron chi connectivity index (χ1n) is 7.19. The van der Waals surface area contributed by atoms with Crippen molar-refractivity contribution in [1.29, 1.82) is 0 Å². The highest BCUT2D eigenvalue weighted by Crippen LogP contribution is 2.34. The van der Waals surface area contributed by atoms with Crippen LogP contribution in [0, 0.1) is 0 Å². The molecule has 2 atom stereocenters. The van der Waals surface area contributed by atoms with Crippen molar-refractivity contribution in [3.63, 3.8) is 0 Å². The molecule has 18 heavy (non-hydrogen) atoms. The molecule has 1 aromatic rings. The first-order chi connectivity index (χ1) is 9.58. The molecule has 0 bridgehead atoms. The van der Waals surface area contributed by atoms with Gasteiger partial charge in [0.2, 0.25) is 0 Å². The molecule has 3 rings (SSSR count). The quantitative estimate of drug-likeness (QED) is 0.806. The Labute approximate surface area is 109 Å². The normalized spacial score (nSPS) is 30.6. The van der Waals surface area contributed by atoms with Crippen molar-refractivity contribution in [3.8, 4) is 0 Å². The summed E-state index contributed by atoms with van der Waals surface area (Å²) in [4.78, 5) is 13.4. The van der Waals surface area contributed by atoms with Crippen LogP contribution < -0.4 is 0 Å². The lowest BCUT2D eigenvalue weighted by atomic mass is 10.2. The molecule has 1 aliphatic carbocycles. The molecule has 4 nitrogen and oxygen atoms in total. The van der Waals surface area contributed by atoms with Gasteiger partial charge in [-0.1, -0.05) is 30.3 Å². The van der Waals surface area contributed by atoms with Gasteiger partial charge < -0.3 is 14.4 Å². The predicted octanol–water partition coefficient (Wildman–Crippen LogP) is 2.19. The summed E-state index contributed by atoms with van der Waals surface area (Å²) < 4.78 is 26.7. The molecular formula is C14H17NO3. The van der Waals surface area contributed by atoms with Gasteiger partial charge in [0.1, 0.15) is 6.61 Å². The number of benzene rings is 1. The van der Waals surface area contributed by atoms with Crippen LogP contribution in [0.25, 0.3) is 0 Å². The van der Waals surface area contributed by atoms with Gasteiger partial charge in [0.05, 0.1) is 12.1 Å². The van der Waals surface area contributed by atoms with Crippen molar-refractivity contribution in [2.45, 2.75) is 31.6 Å². The van der Waals surface area contributed by atoms with Gasteiger partial charge in [0.15, 0.2) is 0 Å². The second-order valence-electron chi connectivity index (χ2n) is 4.53. The molecule has 96 valence electrons. The van der Waals surface area contributed by atoms with E-state index in [1.54, 1.807) is 0 Å². The van der Waals surface area contributed by atoms with Crippen LogP contribution in [0.4, 0.5) is 4.79 Å². The molecule has 2 unspecified atom stereocenters. The van der Waals surface area contributed by atoms with Crippen LogP contribution in [0.2, 0.25) is 0 Å². The minimum Gasteiger partial charge on any atom is -0.445 e.